The lowest BCUT2D eigenvalue weighted by Gasteiger charge is -2.22. The topological polar surface area (TPSA) is 81.1 Å². The van der Waals surface area contributed by atoms with Crippen molar-refractivity contribution >= 4 is 46.2 Å². The highest BCUT2D eigenvalue weighted by Crippen LogP contribution is 2.33. The summed E-state index contributed by atoms with van der Waals surface area (Å²) in [6, 6.07) is 12.2. The van der Waals surface area contributed by atoms with Crippen LogP contribution in [0.1, 0.15) is 23.7 Å². The lowest BCUT2D eigenvalue weighted by molar-refractivity contribution is -0.131. The molecule has 3 rings (SSSR count). The van der Waals surface area contributed by atoms with E-state index in [4.69, 9.17) is 12.2 Å². The van der Waals surface area contributed by atoms with Gasteiger partial charge in [-0.2, -0.15) is 0 Å². The lowest BCUT2D eigenvalue weighted by atomic mass is 10.1. The molecule has 1 aliphatic rings. The fourth-order valence-electron chi connectivity index (χ4n) is 2.99. The van der Waals surface area contributed by atoms with Gasteiger partial charge in [-0.3, -0.25) is 14.5 Å². The Hall–Kier alpha value is -2.75. The van der Waals surface area contributed by atoms with Crippen molar-refractivity contribution in [1.82, 2.24) is 9.80 Å². The molecule has 0 saturated carbocycles. The standard InChI is InChI=1S/C22H21FN2O4S2/c1-24(13-18(27)14-6-8-16(26)9-7-14)20(28)10-11-25-21(29)19(31-22(25)30)12-15-4-2-3-5-17(15)23/h2-9,12,18,26-27H,10-11,13H2,1H3/b19-12-/t18-/m1/s1. The second-order valence-corrected chi connectivity index (χ2v) is 8.66. The first-order valence-electron chi connectivity index (χ1n) is 9.47. The Morgan fingerprint density at radius 1 is 1.26 bits per heavy atom. The highest BCUT2D eigenvalue weighted by molar-refractivity contribution is 8.26. The van der Waals surface area contributed by atoms with E-state index in [1.54, 1.807) is 37.4 Å². The van der Waals surface area contributed by atoms with Gasteiger partial charge in [-0.1, -0.05) is 54.3 Å². The van der Waals surface area contributed by atoms with Gasteiger partial charge in [0, 0.05) is 25.6 Å². The molecule has 1 aliphatic heterocycles. The number of carbonyl (C=O) groups is 2. The number of benzene rings is 2. The van der Waals surface area contributed by atoms with Crippen molar-refractivity contribution in [3.05, 3.63) is 70.4 Å². The first kappa shape index (κ1) is 22.9. The summed E-state index contributed by atoms with van der Waals surface area (Å²) >= 11 is 6.33. The van der Waals surface area contributed by atoms with E-state index in [9.17, 15) is 24.2 Å². The SMILES string of the molecule is CN(C[C@@H](O)c1ccc(O)cc1)C(=O)CCN1C(=O)/C(=C/c2ccccc2F)SC1=S. The van der Waals surface area contributed by atoms with Crippen LogP contribution in [0.3, 0.4) is 0 Å². The van der Waals surface area contributed by atoms with Crippen LogP contribution in [0.25, 0.3) is 6.08 Å². The Balaban J connectivity index is 1.57. The molecule has 0 aliphatic carbocycles. The third-order valence-corrected chi connectivity index (χ3v) is 6.14. The second-order valence-electron chi connectivity index (χ2n) is 6.99. The van der Waals surface area contributed by atoms with Gasteiger partial charge < -0.3 is 15.1 Å². The second kappa shape index (κ2) is 10.0. The predicted octanol–water partition coefficient (Wildman–Crippen LogP) is 3.31. The minimum Gasteiger partial charge on any atom is -0.508 e. The van der Waals surface area contributed by atoms with E-state index in [1.165, 1.54) is 34.1 Å². The van der Waals surface area contributed by atoms with Crippen molar-refractivity contribution in [3.8, 4) is 5.75 Å². The summed E-state index contributed by atoms with van der Waals surface area (Å²) in [4.78, 5) is 28.1. The summed E-state index contributed by atoms with van der Waals surface area (Å²) in [5, 5.41) is 19.6. The number of aromatic hydroxyl groups is 1. The predicted molar refractivity (Wildman–Crippen MR) is 122 cm³/mol. The molecule has 6 nitrogen and oxygen atoms in total. The Morgan fingerprint density at radius 3 is 2.61 bits per heavy atom. The van der Waals surface area contributed by atoms with Crippen molar-refractivity contribution in [3.63, 3.8) is 0 Å². The van der Waals surface area contributed by atoms with Crippen LogP contribution in [-0.2, 0) is 9.59 Å². The van der Waals surface area contributed by atoms with Crippen LogP contribution in [0.4, 0.5) is 4.39 Å². The van der Waals surface area contributed by atoms with Crippen LogP contribution in [0.2, 0.25) is 0 Å². The van der Waals surface area contributed by atoms with E-state index in [0.29, 0.717) is 20.4 Å². The highest BCUT2D eigenvalue weighted by atomic mass is 32.2. The molecule has 2 aromatic carbocycles. The number of carbonyl (C=O) groups excluding carboxylic acids is 2. The molecule has 2 aromatic rings. The maximum atomic E-state index is 13.9. The van der Waals surface area contributed by atoms with Crippen LogP contribution in [0.5, 0.6) is 5.75 Å². The number of hydrogen-bond donors (Lipinski definition) is 2. The normalized spacial score (nSPS) is 16.1. The van der Waals surface area contributed by atoms with Gasteiger partial charge in [0.1, 0.15) is 15.9 Å². The summed E-state index contributed by atoms with van der Waals surface area (Å²) < 4.78 is 14.2. The van der Waals surface area contributed by atoms with Crippen LogP contribution in [-0.4, -0.2) is 56.3 Å². The van der Waals surface area contributed by atoms with Crippen LogP contribution in [0, 0.1) is 5.82 Å². The third-order valence-electron chi connectivity index (χ3n) is 4.77. The highest BCUT2D eigenvalue weighted by Gasteiger charge is 2.32. The van der Waals surface area contributed by atoms with Gasteiger partial charge in [-0.15, -0.1) is 0 Å². The number of aliphatic hydroxyl groups is 1. The summed E-state index contributed by atoms with van der Waals surface area (Å²) in [5.74, 6) is -0.965. The van der Waals surface area contributed by atoms with Gasteiger partial charge in [0.2, 0.25) is 5.91 Å². The molecule has 0 aromatic heterocycles. The number of thioether (sulfide) groups is 1. The molecule has 1 saturated heterocycles. The maximum absolute atomic E-state index is 13.9. The number of phenols is 1. The summed E-state index contributed by atoms with van der Waals surface area (Å²) in [6.45, 7) is 0.160. The summed E-state index contributed by atoms with van der Waals surface area (Å²) in [5.41, 5.74) is 0.870. The van der Waals surface area contributed by atoms with Gasteiger partial charge in [0.25, 0.3) is 5.91 Å². The smallest absolute Gasteiger partial charge is 0.266 e. The summed E-state index contributed by atoms with van der Waals surface area (Å²) in [7, 11) is 1.56. The monoisotopic (exact) mass is 460 g/mol. The van der Waals surface area contributed by atoms with Gasteiger partial charge in [0.05, 0.1) is 17.6 Å². The van der Waals surface area contributed by atoms with E-state index >= 15 is 0 Å². The van der Waals surface area contributed by atoms with Crippen molar-refractivity contribution in [2.24, 2.45) is 0 Å². The minimum absolute atomic E-state index is 0.0260. The molecule has 0 unspecified atom stereocenters. The largest absolute Gasteiger partial charge is 0.508 e. The average Bonchev–Trinajstić information content (AvgIpc) is 3.00. The average molecular weight is 461 g/mol. The Bertz CT molecular complexity index is 1030. The van der Waals surface area contributed by atoms with Gasteiger partial charge >= 0.3 is 0 Å². The third kappa shape index (κ3) is 5.69. The quantitative estimate of drug-likeness (QED) is 0.487. The number of likely N-dealkylation sites (N-methyl/N-ethyl adjacent to an activating group) is 1. The fraction of sp³-hybridized carbons (Fsp3) is 0.227. The van der Waals surface area contributed by atoms with Crippen molar-refractivity contribution in [2.45, 2.75) is 12.5 Å². The first-order chi connectivity index (χ1) is 14.8. The molecule has 0 spiro atoms. The molecule has 31 heavy (non-hydrogen) atoms. The number of aliphatic hydroxyl groups excluding tert-OH is 1. The van der Waals surface area contributed by atoms with Gasteiger partial charge in [-0.25, -0.2) is 4.39 Å². The Kier molecular flexibility index (Phi) is 7.42. The molecule has 2 N–H and O–H groups in total. The zero-order chi connectivity index (χ0) is 22.5. The van der Waals surface area contributed by atoms with Gasteiger partial charge in [-0.05, 0) is 29.8 Å². The number of amides is 2. The van der Waals surface area contributed by atoms with Crippen LogP contribution < -0.4 is 0 Å². The van der Waals surface area contributed by atoms with Crippen LogP contribution >= 0.6 is 24.0 Å². The van der Waals surface area contributed by atoms with E-state index in [-0.39, 0.29) is 37.1 Å². The van der Waals surface area contributed by atoms with Crippen molar-refractivity contribution in [1.29, 1.82) is 0 Å². The molecule has 162 valence electrons. The molecule has 1 atom stereocenters. The molecular formula is C22H21FN2O4S2. The van der Waals surface area contributed by atoms with E-state index in [0.717, 1.165) is 11.8 Å². The number of rotatable bonds is 7. The van der Waals surface area contributed by atoms with E-state index in [1.807, 2.05) is 0 Å². The van der Waals surface area contributed by atoms with E-state index < -0.39 is 11.9 Å². The molecule has 0 radical (unpaired) electrons. The fourth-order valence-corrected chi connectivity index (χ4v) is 4.29. The number of hydrogen-bond acceptors (Lipinski definition) is 6. The Morgan fingerprint density at radius 2 is 1.94 bits per heavy atom. The molecule has 2 amide bonds. The van der Waals surface area contributed by atoms with Crippen molar-refractivity contribution in [2.75, 3.05) is 20.1 Å². The molecule has 1 fully saturated rings. The van der Waals surface area contributed by atoms with E-state index in [2.05, 4.69) is 0 Å². The minimum atomic E-state index is -0.907. The number of phenolic OH excluding ortho intramolecular Hbond substituents is 1. The maximum Gasteiger partial charge on any atom is 0.266 e. The number of nitrogens with zero attached hydrogens (tertiary/aromatic N) is 2. The van der Waals surface area contributed by atoms with Crippen molar-refractivity contribution < 1.29 is 24.2 Å². The zero-order valence-corrected chi connectivity index (χ0v) is 18.3. The number of thiocarbonyl (C=S) groups is 1. The number of halogens is 1. The molecule has 1 heterocycles. The molecule has 9 heteroatoms. The first-order valence-corrected chi connectivity index (χ1v) is 10.7. The molecular weight excluding hydrogens is 439 g/mol. The lowest BCUT2D eigenvalue weighted by Crippen LogP contribution is -2.36. The van der Waals surface area contributed by atoms with Gasteiger partial charge in [0.15, 0.2) is 0 Å². The molecule has 0 bridgehead atoms. The summed E-state index contributed by atoms with van der Waals surface area (Å²) in [6.07, 6.45) is 0.573. The zero-order valence-electron chi connectivity index (χ0n) is 16.7. The Labute approximate surface area is 189 Å². The van der Waals surface area contributed by atoms with Crippen LogP contribution in [0.15, 0.2) is 53.4 Å².